The van der Waals surface area contributed by atoms with Gasteiger partial charge in [0.2, 0.25) is 0 Å². The molecule has 1 aliphatic carbocycles. The molecule has 94 valence electrons. The number of carbonyl (C=O) groups is 1. The Morgan fingerprint density at radius 3 is 2.69 bits per heavy atom. The normalized spacial score (nSPS) is 29.3. The molecule has 0 heterocycles. The monoisotopic (exact) mass is 227 g/mol. The molecule has 3 heteroatoms. The van der Waals surface area contributed by atoms with Crippen LogP contribution in [0.4, 0.5) is 0 Å². The Kier molecular flexibility index (Phi) is 5.26. The van der Waals surface area contributed by atoms with E-state index in [1.165, 1.54) is 0 Å². The van der Waals surface area contributed by atoms with Gasteiger partial charge in [-0.15, -0.1) is 0 Å². The fraction of sp³-hybridized carbons (Fsp3) is 0.923. The van der Waals surface area contributed by atoms with Gasteiger partial charge in [0.25, 0.3) is 0 Å². The van der Waals surface area contributed by atoms with Crippen LogP contribution in [-0.4, -0.2) is 24.7 Å². The van der Waals surface area contributed by atoms with Gasteiger partial charge in [-0.1, -0.05) is 20.3 Å². The summed E-state index contributed by atoms with van der Waals surface area (Å²) < 4.78 is 5.22. The van der Waals surface area contributed by atoms with Crippen molar-refractivity contribution in [2.45, 2.75) is 58.4 Å². The molecule has 2 unspecified atom stereocenters. The molecule has 0 bridgehead atoms. The van der Waals surface area contributed by atoms with Crippen molar-refractivity contribution >= 4 is 5.97 Å². The van der Waals surface area contributed by atoms with Gasteiger partial charge < -0.3 is 10.1 Å². The molecule has 0 aromatic carbocycles. The van der Waals surface area contributed by atoms with Crippen LogP contribution in [0.3, 0.4) is 0 Å². The fourth-order valence-corrected chi connectivity index (χ4v) is 2.55. The van der Waals surface area contributed by atoms with Gasteiger partial charge in [0.15, 0.2) is 0 Å². The maximum absolute atomic E-state index is 12.0. The predicted octanol–water partition coefficient (Wildman–Crippen LogP) is 2.50. The third-order valence-electron chi connectivity index (χ3n) is 3.57. The SMILES string of the molecule is CCCNC1(C(=O)OCC)CCC(CC)C1. The minimum Gasteiger partial charge on any atom is -0.465 e. The molecule has 0 aromatic heterocycles. The Balaban J connectivity index is 2.66. The smallest absolute Gasteiger partial charge is 0.326 e. The van der Waals surface area contributed by atoms with Gasteiger partial charge in [-0.25, -0.2) is 0 Å². The highest BCUT2D eigenvalue weighted by Gasteiger charge is 2.45. The Hall–Kier alpha value is -0.570. The number of carbonyl (C=O) groups excluding carboxylic acids is 1. The van der Waals surface area contributed by atoms with Crippen molar-refractivity contribution in [3.8, 4) is 0 Å². The molecule has 1 saturated carbocycles. The van der Waals surface area contributed by atoms with E-state index in [-0.39, 0.29) is 11.5 Å². The third kappa shape index (κ3) is 2.97. The maximum atomic E-state index is 12.0. The molecule has 1 rings (SSSR count). The minimum atomic E-state index is -0.382. The van der Waals surface area contributed by atoms with E-state index in [2.05, 4.69) is 19.2 Å². The summed E-state index contributed by atoms with van der Waals surface area (Å²) in [5.41, 5.74) is -0.382. The zero-order valence-corrected chi connectivity index (χ0v) is 10.8. The maximum Gasteiger partial charge on any atom is 0.326 e. The van der Waals surface area contributed by atoms with Crippen LogP contribution in [0.15, 0.2) is 0 Å². The lowest BCUT2D eigenvalue weighted by atomic mass is 9.95. The van der Waals surface area contributed by atoms with Gasteiger partial charge in [-0.05, 0) is 45.1 Å². The van der Waals surface area contributed by atoms with E-state index in [0.717, 1.165) is 38.6 Å². The van der Waals surface area contributed by atoms with E-state index in [1.807, 2.05) is 6.92 Å². The number of nitrogens with one attached hydrogen (secondary N) is 1. The van der Waals surface area contributed by atoms with Crippen LogP contribution in [0.25, 0.3) is 0 Å². The van der Waals surface area contributed by atoms with Gasteiger partial charge in [0.05, 0.1) is 6.61 Å². The second-order valence-corrected chi connectivity index (χ2v) is 4.75. The lowest BCUT2D eigenvalue weighted by Crippen LogP contribution is -2.51. The molecular weight excluding hydrogens is 202 g/mol. The lowest BCUT2D eigenvalue weighted by Gasteiger charge is -2.28. The zero-order chi connectivity index (χ0) is 12.0. The van der Waals surface area contributed by atoms with Crippen LogP contribution >= 0.6 is 0 Å². The summed E-state index contributed by atoms with van der Waals surface area (Å²) >= 11 is 0. The molecular formula is C13H25NO2. The van der Waals surface area contributed by atoms with E-state index < -0.39 is 0 Å². The van der Waals surface area contributed by atoms with Crippen LogP contribution < -0.4 is 5.32 Å². The van der Waals surface area contributed by atoms with Crippen LogP contribution in [0, 0.1) is 5.92 Å². The molecule has 0 amide bonds. The Labute approximate surface area is 98.9 Å². The lowest BCUT2D eigenvalue weighted by molar-refractivity contribution is -0.151. The summed E-state index contributed by atoms with van der Waals surface area (Å²) in [6.45, 7) is 7.57. The van der Waals surface area contributed by atoms with E-state index in [4.69, 9.17) is 4.74 Å². The van der Waals surface area contributed by atoms with E-state index in [0.29, 0.717) is 12.5 Å². The molecule has 0 radical (unpaired) electrons. The number of esters is 1. The number of rotatable bonds is 6. The number of hydrogen-bond donors (Lipinski definition) is 1. The molecule has 1 N–H and O–H groups in total. The van der Waals surface area contributed by atoms with Gasteiger partial charge in [-0.2, -0.15) is 0 Å². The molecule has 0 aliphatic heterocycles. The summed E-state index contributed by atoms with van der Waals surface area (Å²) in [5.74, 6) is 0.633. The highest BCUT2D eigenvalue weighted by molar-refractivity contribution is 5.81. The van der Waals surface area contributed by atoms with Crippen LogP contribution in [-0.2, 0) is 9.53 Å². The van der Waals surface area contributed by atoms with Crippen molar-refractivity contribution in [2.24, 2.45) is 5.92 Å². The second-order valence-electron chi connectivity index (χ2n) is 4.75. The van der Waals surface area contributed by atoms with Crippen molar-refractivity contribution in [1.82, 2.24) is 5.32 Å². The fourth-order valence-electron chi connectivity index (χ4n) is 2.55. The van der Waals surface area contributed by atoms with Gasteiger partial charge in [0, 0.05) is 0 Å². The second kappa shape index (κ2) is 6.24. The molecule has 0 saturated heterocycles. The first-order valence-corrected chi connectivity index (χ1v) is 6.60. The molecule has 3 nitrogen and oxygen atoms in total. The summed E-state index contributed by atoms with van der Waals surface area (Å²) in [5, 5.41) is 3.42. The Bertz CT molecular complexity index is 230. The van der Waals surface area contributed by atoms with Gasteiger partial charge in [0.1, 0.15) is 5.54 Å². The minimum absolute atomic E-state index is 0.0422. The van der Waals surface area contributed by atoms with Crippen LogP contribution in [0.2, 0.25) is 0 Å². The molecule has 1 fully saturated rings. The molecule has 16 heavy (non-hydrogen) atoms. The molecule has 1 aliphatic rings. The standard InChI is InChI=1S/C13H25NO2/c1-4-9-14-13(12(15)16-6-3)8-7-11(5-2)10-13/h11,14H,4-10H2,1-3H3. The summed E-state index contributed by atoms with van der Waals surface area (Å²) in [7, 11) is 0. The Morgan fingerprint density at radius 1 is 1.44 bits per heavy atom. The van der Waals surface area contributed by atoms with Crippen molar-refractivity contribution in [1.29, 1.82) is 0 Å². The first kappa shape index (κ1) is 13.5. The Morgan fingerprint density at radius 2 is 2.19 bits per heavy atom. The first-order chi connectivity index (χ1) is 7.68. The first-order valence-electron chi connectivity index (χ1n) is 6.60. The molecule has 0 aromatic rings. The molecule has 2 atom stereocenters. The largest absolute Gasteiger partial charge is 0.465 e. The third-order valence-corrected chi connectivity index (χ3v) is 3.57. The van der Waals surface area contributed by atoms with Crippen LogP contribution in [0.5, 0.6) is 0 Å². The average Bonchev–Trinajstić information content (AvgIpc) is 2.72. The summed E-state index contributed by atoms with van der Waals surface area (Å²) in [4.78, 5) is 12.0. The summed E-state index contributed by atoms with van der Waals surface area (Å²) in [6.07, 6.45) is 5.24. The van der Waals surface area contributed by atoms with Crippen molar-refractivity contribution in [2.75, 3.05) is 13.2 Å². The van der Waals surface area contributed by atoms with Gasteiger partial charge >= 0.3 is 5.97 Å². The van der Waals surface area contributed by atoms with E-state index in [1.54, 1.807) is 0 Å². The van der Waals surface area contributed by atoms with E-state index >= 15 is 0 Å². The molecule has 0 spiro atoms. The van der Waals surface area contributed by atoms with Gasteiger partial charge in [-0.3, -0.25) is 4.79 Å². The van der Waals surface area contributed by atoms with E-state index in [9.17, 15) is 4.79 Å². The summed E-state index contributed by atoms with van der Waals surface area (Å²) in [6, 6.07) is 0. The highest BCUT2D eigenvalue weighted by atomic mass is 16.5. The van der Waals surface area contributed by atoms with Crippen molar-refractivity contribution < 1.29 is 9.53 Å². The van der Waals surface area contributed by atoms with Crippen molar-refractivity contribution in [3.05, 3.63) is 0 Å². The highest BCUT2D eigenvalue weighted by Crippen LogP contribution is 2.37. The topological polar surface area (TPSA) is 38.3 Å². The predicted molar refractivity (Wildman–Crippen MR) is 65.3 cm³/mol. The quantitative estimate of drug-likeness (QED) is 0.709. The number of hydrogen-bond acceptors (Lipinski definition) is 3. The van der Waals surface area contributed by atoms with Crippen LogP contribution in [0.1, 0.15) is 52.9 Å². The van der Waals surface area contributed by atoms with Crippen molar-refractivity contribution in [3.63, 3.8) is 0 Å². The zero-order valence-electron chi connectivity index (χ0n) is 10.8. The average molecular weight is 227 g/mol. The number of ether oxygens (including phenoxy) is 1.